The van der Waals surface area contributed by atoms with Crippen molar-refractivity contribution in [1.82, 2.24) is 0 Å². The van der Waals surface area contributed by atoms with E-state index in [1.54, 1.807) is 24.3 Å². The Morgan fingerprint density at radius 2 is 2.07 bits per heavy atom. The molecule has 0 spiro atoms. The van der Waals surface area contributed by atoms with Crippen molar-refractivity contribution in [3.63, 3.8) is 0 Å². The highest BCUT2D eigenvalue weighted by Gasteiger charge is 2.31. The van der Waals surface area contributed by atoms with Crippen LogP contribution in [0.1, 0.15) is 23.2 Å². The summed E-state index contributed by atoms with van der Waals surface area (Å²) in [5.74, 6) is 0.170. The summed E-state index contributed by atoms with van der Waals surface area (Å²) in [5.41, 5.74) is 0.928. The fraction of sp³-hybridized carbons (Fsp3) is 0.300. The van der Waals surface area contributed by atoms with E-state index < -0.39 is 11.3 Å². The number of carbonyl (C=O) groups is 1. The van der Waals surface area contributed by atoms with Crippen LogP contribution in [-0.4, -0.2) is 14.5 Å². The minimum Gasteiger partial charge on any atom is -0.294 e. The minimum atomic E-state index is -2.14. The van der Waals surface area contributed by atoms with E-state index in [-0.39, 0.29) is 11.7 Å². The summed E-state index contributed by atoms with van der Waals surface area (Å²) in [6.45, 7) is 0. The summed E-state index contributed by atoms with van der Waals surface area (Å²) in [5, 5.41) is 0. The molecule has 0 aromatic heterocycles. The van der Waals surface area contributed by atoms with Gasteiger partial charge in [0.05, 0.1) is 5.69 Å². The molecule has 1 aliphatic carbocycles. The number of ketones is 1. The van der Waals surface area contributed by atoms with Crippen molar-refractivity contribution in [2.75, 3.05) is 4.72 Å². The number of nitrogens with one attached hydrogen (secondary N) is 1. The zero-order chi connectivity index (χ0) is 10.8. The molecular formula is C10H11NO3S. The van der Waals surface area contributed by atoms with Crippen LogP contribution < -0.4 is 4.72 Å². The van der Waals surface area contributed by atoms with E-state index in [1.807, 2.05) is 0 Å². The number of Topliss-reactive ketones (excluding diaryl/α,β-unsaturated/α-hetero) is 1. The molecule has 0 heterocycles. The molecule has 1 fully saturated rings. The molecule has 0 saturated heterocycles. The van der Waals surface area contributed by atoms with Gasteiger partial charge in [0.2, 0.25) is 0 Å². The summed E-state index contributed by atoms with van der Waals surface area (Å²) in [4.78, 5) is 11.8. The zero-order valence-corrected chi connectivity index (χ0v) is 8.79. The summed E-state index contributed by atoms with van der Waals surface area (Å²) in [7, 11) is 0. The first-order chi connectivity index (χ1) is 7.18. The number of carbonyl (C=O) groups excluding carboxylic acids is 1. The van der Waals surface area contributed by atoms with E-state index in [0.717, 1.165) is 12.8 Å². The van der Waals surface area contributed by atoms with Crippen molar-refractivity contribution in [2.24, 2.45) is 5.92 Å². The maximum Gasteiger partial charge on any atom is 0.259 e. The van der Waals surface area contributed by atoms with Gasteiger partial charge in [0.15, 0.2) is 5.78 Å². The van der Waals surface area contributed by atoms with Crippen LogP contribution in [0.3, 0.4) is 0 Å². The van der Waals surface area contributed by atoms with Crippen LogP contribution in [0.4, 0.5) is 5.69 Å². The van der Waals surface area contributed by atoms with Gasteiger partial charge in [0, 0.05) is 11.5 Å². The number of benzene rings is 1. The average molecular weight is 225 g/mol. The van der Waals surface area contributed by atoms with Gasteiger partial charge in [-0.15, -0.1) is 0 Å². The first kappa shape index (κ1) is 10.3. The normalized spacial score (nSPS) is 17.1. The minimum absolute atomic E-state index is 0.0588. The van der Waals surface area contributed by atoms with Crippen LogP contribution in [0, 0.1) is 5.92 Å². The third-order valence-corrected chi connectivity index (χ3v) is 2.73. The SMILES string of the molecule is O=C(c1ccccc1NS(=O)O)C1CC1. The molecule has 1 aromatic carbocycles. The maximum absolute atomic E-state index is 11.8. The predicted molar refractivity (Wildman–Crippen MR) is 57.9 cm³/mol. The lowest BCUT2D eigenvalue weighted by Crippen LogP contribution is -2.09. The van der Waals surface area contributed by atoms with Gasteiger partial charge in [-0.2, -0.15) is 0 Å². The van der Waals surface area contributed by atoms with Crippen LogP contribution in [-0.2, 0) is 11.3 Å². The van der Waals surface area contributed by atoms with Gasteiger partial charge < -0.3 is 0 Å². The standard InChI is InChI=1S/C10H11NO3S/c12-10(7-5-6-7)8-3-1-2-4-9(8)11-15(13)14/h1-4,7,11H,5-6H2,(H,13,14). The fourth-order valence-corrected chi connectivity index (χ4v) is 1.81. The summed E-state index contributed by atoms with van der Waals surface area (Å²) in [6.07, 6.45) is 1.85. The molecule has 0 amide bonds. The number of para-hydroxylation sites is 1. The van der Waals surface area contributed by atoms with Gasteiger partial charge in [-0.1, -0.05) is 12.1 Å². The first-order valence-corrected chi connectivity index (χ1v) is 5.80. The number of rotatable bonds is 4. The number of hydrogen-bond donors (Lipinski definition) is 2. The Balaban J connectivity index is 2.28. The largest absolute Gasteiger partial charge is 0.294 e. The van der Waals surface area contributed by atoms with Crippen molar-refractivity contribution >= 4 is 22.7 Å². The van der Waals surface area contributed by atoms with Gasteiger partial charge in [-0.3, -0.25) is 14.1 Å². The number of anilines is 1. The second-order valence-electron chi connectivity index (χ2n) is 3.54. The Labute approximate surface area is 90.1 Å². The highest BCUT2D eigenvalue weighted by molar-refractivity contribution is 7.80. The zero-order valence-electron chi connectivity index (χ0n) is 7.97. The Morgan fingerprint density at radius 1 is 1.40 bits per heavy atom. The van der Waals surface area contributed by atoms with Gasteiger partial charge >= 0.3 is 0 Å². The second kappa shape index (κ2) is 4.12. The third-order valence-electron chi connectivity index (χ3n) is 2.34. The van der Waals surface area contributed by atoms with Crippen molar-refractivity contribution in [1.29, 1.82) is 0 Å². The Hall–Kier alpha value is -1.20. The van der Waals surface area contributed by atoms with E-state index in [4.69, 9.17) is 4.55 Å². The molecule has 15 heavy (non-hydrogen) atoms. The average Bonchev–Trinajstić information content (AvgIpc) is 3.00. The lowest BCUT2D eigenvalue weighted by Gasteiger charge is -2.07. The summed E-state index contributed by atoms with van der Waals surface area (Å²) >= 11 is -2.14. The molecule has 2 rings (SSSR count). The van der Waals surface area contributed by atoms with Crippen molar-refractivity contribution in [3.8, 4) is 0 Å². The van der Waals surface area contributed by atoms with Gasteiger partial charge in [-0.25, -0.2) is 4.21 Å². The molecule has 0 aliphatic heterocycles. The van der Waals surface area contributed by atoms with Crippen LogP contribution in [0.15, 0.2) is 24.3 Å². The third kappa shape index (κ3) is 2.43. The van der Waals surface area contributed by atoms with Gasteiger partial charge in [-0.05, 0) is 25.0 Å². The van der Waals surface area contributed by atoms with Crippen LogP contribution >= 0.6 is 0 Å². The van der Waals surface area contributed by atoms with E-state index in [9.17, 15) is 9.00 Å². The molecule has 1 aliphatic rings. The van der Waals surface area contributed by atoms with E-state index in [0.29, 0.717) is 11.3 Å². The molecule has 0 radical (unpaired) electrons. The van der Waals surface area contributed by atoms with Crippen molar-refractivity contribution in [2.45, 2.75) is 12.8 Å². The molecule has 1 aromatic rings. The van der Waals surface area contributed by atoms with Gasteiger partial charge in [0.1, 0.15) is 0 Å². The molecule has 80 valence electrons. The smallest absolute Gasteiger partial charge is 0.259 e. The quantitative estimate of drug-likeness (QED) is 0.606. The molecule has 5 heteroatoms. The van der Waals surface area contributed by atoms with Gasteiger partial charge in [0.25, 0.3) is 11.3 Å². The highest BCUT2D eigenvalue weighted by Crippen LogP contribution is 2.34. The van der Waals surface area contributed by atoms with Crippen LogP contribution in [0.5, 0.6) is 0 Å². The Morgan fingerprint density at radius 3 is 2.67 bits per heavy atom. The fourth-order valence-electron chi connectivity index (χ4n) is 1.45. The predicted octanol–water partition coefficient (Wildman–Crippen LogP) is 1.83. The first-order valence-electron chi connectivity index (χ1n) is 4.69. The summed E-state index contributed by atoms with van der Waals surface area (Å²) < 4.78 is 21.7. The molecule has 1 saturated carbocycles. The number of hydrogen-bond acceptors (Lipinski definition) is 2. The van der Waals surface area contributed by atoms with E-state index in [1.165, 1.54) is 0 Å². The molecule has 1 unspecified atom stereocenters. The Kier molecular flexibility index (Phi) is 2.83. The molecule has 2 N–H and O–H groups in total. The lowest BCUT2D eigenvalue weighted by molar-refractivity contribution is 0.0968. The lowest BCUT2D eigenvalue weighted by atomic mass is 10.1. The monoisotopic (exact) mass is 225 g/mol. The topological polar surface area (TPSA) is 66.4 Å². The molecule has 1 atom stereocenters. The molecule has 0 bridgehead atoms. The molecule has 4 nitrogen and oxygen atoms in total. The highest BCUT2D eigenvalue weighted by atomic mass is 32.2. The molecular weight excluding hydrogens is 214 g/mol. The van der Waals surface area contributed by atoms with Crippen LogP contribution in [0.2, 0.25) is 0 Å². The summed E-state index contributed by atoms with van der Waals surface area (Å²) in [6, 6.07) is 6.78. The second-order valence-corrected chi connectivity index (χ2v) is 4.24. The van der Waals surface area contributed by atoms with Crippen LogP contribution in [0.25, 0.3) is 0 Å². The van der Waals surface area contributed by atoms with E-state index in [2.05, 4.69) is 4.72 Å². The van der Waals surface area contributed by atoms with Crippen molar-refractivity contribution in [3.05, 3.63) is 29.8 Å². The Bertz CT molecular complexity index is 415. The van der Waals surface area contributed by atoms with E-state index >= 15 is 0 Å². The maximum atomic E-state index is 11.8. The van der Waals surface area contributed by atoms with Crippen molar-refractivity contribution < 1.29 is 13.6 Å².